The fraction of sp³-hybridized carbons (Fsp3) is 0.900. The molecule has 1 unspecified atom stereocenters. The summed E-state index contributed by atoms with van der Waals surface area (Å²) in [4.78, 5) is 11.2. The lowest BCUT2D eigenvalue weighted by Crippen LogP contribution is -2.31. The van der Waals surface area contributed by atoms with Crippen molar-refractivity contribution in [2.45, 2.75) is 58.9 Å². The van der Waals surface area contributed by atoms with Gasteiger partial charge in [0.15, 0.2) is 0 Å². The Kier molecular flexibility index (Phi) is 6.82. The van der Waals surface area contributed by atoms with Gasteiger partial charge in [0.1, 0.15) is 0 Å². The van der Waals surface area contributed by atoms with Crippen LogP contribution in [-0.2, 0) is 4.79 Å². The number of rotatable bonds is 6. The summed E-state index contributed by atoms with van der Waals surface area (Å²) in [7, 11) is 0. The summed E-state index contributed by atoms with van der Waals surface area (Å²) >= 11 is 0. The summed E-state index contributed by atoms with van der Waals surface area (Å²) in [6, 6.07) is 0.333. The van der Waals surface area contributed by atoms with Crippen molar-refractivity contribution in [3.8, 4) is 0 Å². The monoisotopic (exact) mass is 171 g/mol. The van der Waals surface area contributed by atoms with Crippen LogP contribution in [0.5, 0.6) is 0 Å². The smallest absolute Gasteiger partial charge is 0.220 e. The Hall–Kier alpha value is -0.530. The van der Waals surface area contributed by atoms with Gasteiger partial charge < -0.3 is 5.32 Å². The summed E-state index contributed by atoms with van der Waals surface area (Å²) in [6.45, 7) is 6.27. The van der Waals surface area contributed by atoms with E-state index in [0.29, 0.717) is 12.5 Å². The molecule has 1 atom stereocenters. The number of carbonyl (C=O) groups excluding carboxylic acids is 1. The second-order valence-corrected chi connectivity index (χ2v) is 3.33. The molecule has 0 saturated carbocycles. The van der Waals surface area contributed by atoms with Crippen molar-refractivity contribution in [2.75, 3.05) is 0 Å². The van der Waals surface area contributed by atoms with Gasteiger partial charge in [-0.3, -0.25) is 4.79 Å². The van der Waals surface area contributed by atoms with E-state index in [1.807, 2.05) is 6.92 Å². The molecule has 72 valence electrons. The molecule has 0 aliphatic carbocycles. The fourth-order valence-electron chi connectivity index (χ4n) is 0.985. The maximum atomic E-state index is 11.2. The van der Waals surface area contributed by atoms with E-state index >= 15 is 0 Å². The van der Waals surface area contributed by atoms with E-state index in [2.05, 4.69) is 19.2 Å². The van der Waals surface area contributed by atoms with Gasteiger partial charge in [0.2, 0.25) is 5.91 Å². The second-order valence-electron chi connectivity index (χ2n) is 3.33. The van der Waals surface area contributed by atoms with Crippen LogP contribution >= 0.6 is 0 Å². The van der Waals surface area contributed by atoms with Crippen LogP contribution in [0.15, 0.2) is 0 Å². The number of hydrogen-bond acceptors (Lipinski definition) is 1. The normalized spacial score (nSPS) is 12.6. The molecule has 0 radical (unpaired) electrons. The number of carbonyl (C=O) groups is 1. The van der Waals surface area contributed by atoms with Crippen LogP contribution in [0.25, 0.3) is 0 Å². The molecule has 12 heavy (non-hydrogen) atoms. The van der Waals surface area contributed by atoms with Gasteiger partial charge in [0.25, 0.3) is 0 Å². The highest BCUT2D eigenvalue weighted by atomic mass is 16.1. The molecule has 0 rings (SSSR count). The standard InChI is InChI=1S/C10H21NO/c1-4-6-7-8-10(12)11-9(3)5-2/h9H,4-8H2,1-3H3,(H,11,12). The molecule has 0 bridgehead atoms. The van der Waals surface area contributed by atoms with Crippen LogP contribution in [-0.4, -0.2) is 11.9 Å². The Labute approximate surface area is 75.7 Å². The molecular weight excluding hydrogens is 150 g/mol. The summed E-state index contributed by atoms with van der Waals surface area (Å²) in [5, 5.41) is 2.95. The van der Waals surface area contributed by atoms with Gasteiger partial charge in [-0.2, -0.15) is 0 Å². The lowest BCUT2D eigenvalue weighted by Gasteiger charge is -2.10. The fourth-order valence-corrected chi connectivity index (χ4v) is 0.985. The maximum Gasteiger partial charge on any atom is 0.220 e. The van der Waals surface area contributed by atoms with Crippen LogP contribution in [0, 0.1) is 0 Å². The molecule has 0 aliphatic heterocycles. The molecule has 0 saturated heterocycles. The van der Waals surface area contributed by atoms with E-state index in [4.69, 9.17) is 0 Å². The van der Waals surface area contributed by atoms with E-state index in [9.17, 15) is 4.79 Å². The van der Waals surface area contributed by atoms with Gasteiger partial charge in [0, 0.05) is 12.5 Å². The zero-order chi connectivity index (χ0) is 9.40. The van der Waals surface area contributed by atoms with Crippen LogP contribution in [0.3, 0.4) is 0 Å². The summed E-state index contributed by atoms with van der Waals surface area (Å²) in [5.74, 6) is 0.206. The first-order valence-electron chi connectivity index (χ1n) is 5.00. The molecule has 0 spiro atoms. The second kappa shape index (κ2) is 7.14. The van der Waals surface area contributed by atoms with E-state index in [1.54, 1.807) is 0 Å². The van der Waals surface area contributed by atoms with Gasteiger partial charge >= 0.3 is 0 Å². The minimum Gasteiger partial charge on any atom is -0.354 e. The molecule has 0 aromatic heterocycles. The predicted molar refractivity (Wildman–Crippen MR) is 52.0 cm³/mol. The van der Waals surface area contributed by atoms with Crippen LogP contribution in [0.2, 0.25) is 0 Å². The van der Waals surface area contributed by atoms with Crippen molar-refractivity contribution in [3.05, 3.63) is 0 Å². The van der Waals surface area contributed by atoms with Crippen LogP contribution in [0.4, 0.5) is 0 Å². The third-order valence-corrected chi connectivity index (χ3v) is 2.03. The molecule has 2 heteroatoms. The number of amides is 1. The third kappa shape index (κ3) is 6.20. The Morgan fingerprint density at radius 2 is 2.00 bits per heavy atom. The molecular formula is C10H21NO. The average molecular weight is 171 g/mol. The Morgan fingerprint density at radius 1 is 1.33 bits per heavy atom. The largest absolute Gasteiger partial charge is 0.354 e. The maximum absolute atomic E-state index is 11.2. The molecule has 0 fully saturated rings. The molecule has 2 nitrogen and oxygen atoms in total. The minimum absolute atomic E-state index is 0.206. The average Bonchev–Trinajstić information content (AvgIpc) is 2.05. The number of nitrogens with one attached hydrogen (secondary N) is 1. The van der Waals surface area contributed by atoms with Crippen molar-refractivity contribution in [3.63, 3.8) is 0 Å². The number of unbranched alkanes of at least 4 members (excludes halogenated alkanes) is 2. The first-order valence-corrected chi connectivity index (χ1v) is 5.00. The molecule has 1 amide bonds. The zero-order valence-electron chi connectivity index (χ0n) is 8.52. The van der Waals surface area contributed by atoms with Crippen LogP contribution in [0.1, 0.15) is 52.9 Å². The Bertz CT molecular complexity index is 123. The highest BCUT2D eigenvalue weighted by Gasteiger charge is 2.03. The lowest BCUT2D eigenvalue weighted by molar-refractivity contribution is -0.121. The Balaban J connectivity index is 3.33. The van der Waals surface area contributed by atoms with Gasteiger partial charge in [0.05, 0.1) is 0 Å². The SMILES string of the molecule is CCCCCC(=O)NC(C)CC. The predicted octanol–water partition coefficient (Wildman–Crippen LogP) is 2.48. The van der Waals surface area contributed by atoms with Gasteiger partial charge in [-0.15, -0.1) is 0 Å². The quantitative estimate of drug-likeness (QED) is 0.611. The minimum atomic E-state index is 0.206. The summed E-state index contributed by atoms with van der Waals surface area (Å²) in [6.07, 6.45) is 5.07. The van der Waals surface area contributed by atoms with Crippen molar-refractivity contribution < 1.29 is 4.79 Å². The molecule has 1 N–H and O–H groups in total. The van der Waals surface area contributed by atoms with Crippen molar-refractivity contribution in [1.29, 1.82) is 0 Å². The lowest BCUT2D eigenvalue weighted by atomic mass is 10.2. The highest BCUT2D eigenvalue weighted by Crippen LogP contribution is 1.99. The molecule has 0 aliphatic rings. The van der Waals surface area contributed by atoms with Crippen molar-refractivity contribution in [1.82, 2.24) is 5.32 Å². The van der Waals surface area contributed by atoms with Gasteiger partial charge in [-0.05, 0) is 19.8 Å². The third-order valence-electron chi connectivity index (χ3n) is 2.03. The van der Waals surface area contributed by atoms with Crippen molar-refractivity contribution in [2.24, 2.45) is 0 Å². The van der Waals surface area contributed by atoms with E-state index in [1.165, 1.54) is 6.42 Å². The first kappa shape index (κ1) is 11.5. The topological polar surface area (TPSA) is 29.1 Å². The van der Waals surface area contributed by atoms with Gasteiger partial charge in [-0.25, -0.2) is 0 Å². The molecule has 0 aromatic rings. The van der Waals surface area contributed by atoms with E-state index in [-0.39, 0.29) is 5.91 Å². The summed E-state index contributed by atoms with van der Waals surface area (Å²) < 4.78 is 0. The van der Waals surface area contributed by atoms with Gasteiger partial charge in [-0.1, -0.05) is 26.7 Å². The van der Waals surface area contributed by atoms with E-state index in [0.717, 1.165) is 19.3 Å². The van der Waals surface area contributed by atoms with Crippen molar-refractivity contribution >= 4 is 5.91 Å². The molecule has 0 aromatic carbocycles. The zero-order valence-corrected chi connectivity index (χ0v) is 8.52. The van der Waals surface area contributed by atoms with Crippen LogP contribution < -0.4 is 5.32 Å². The highest BCUT2D eigenvalue weighted by molar-refractivity contribution is 5.76. The van der Waals surface area contributed by atoms with E-state index < -0.39 is 0 Å². The molecule has 0 heterocycles. The summed E-state index contributed by atoms with van der Waals surface area (Å²) in [5.41, 5.74) is 0. The number of hydrogen-bond donors (Lipinski definition) is 1. The first-order chi connectivity index (χ1) is 5.70. The Morgan fingerprint density at radius 3 is 2.50 bits per heavy atom.